The Hall–Kier alpha value is -0.360. The summed E-state index contributed by atoms with van der Waals surface area (Å²) in [5, 5.41) is -1.03. The molecule has 0 radical (unpaired) electrons. The lowest BCUT2D eigenvalue weighted by atomic mass is 10.3. The molecule has 0 aromatic carbocycles. The van der Waals surface area contributed by atoms with E-state index in [0.717, 1.165) is 0 Å². The van der Waals surface area contributed by atoms with Crippen molar-refractivity contribution in [1.82, 2.24) is 0 Å². The number of halogens is 5. The molecular weight excluding hydrogens is 292 g/mol. The number of allylic oxidation sites excluding steroid dienone is 1. The molecule has 2 atom stereocenters. The average Bonchev–Trinajstić information content (AvgIpc) is 2.12. The molecule has 6 heteroatoms. The molecule has 0 N–H and O–H groups in total. The summed E-state index contributed by atoms with van der Waals surface area (Å²) in [5.74, 6) is -0.505. The maximum Gasteiger partial charge on any atom is 0.418 e. The lowest BCUT2D eigenvalue weighted by Crippen LogP contribution is -2.31. The molecular formula is C10H13BrF4O. The first-order valence-corrected chi connectivity index (χ1v) is 5.56. The lowest BCUT2D eigenvalue weighted by Gasteiger charge is -2.20. The summed E-state index contributed by atoms with van der Waals surface area (Å²) in [6.07, 6.45) is -4.46. The molecule has 0 fully saturated rings. The third-order valence-corrected chi connectivity index (χ3v) is 2.15. The molecule has 0 spiro atoms. The van der Waals surface area contributed by atoms with Gasteiger partial charge in [-0.3, -0.25) is 0 Å². The number of rotatable bonds is 6. The van der Waals surface area contributed by atoms with Gasteiger partial charge < -0.3 is 4.74 Å². The highest BCUT2D eigenvalue weighted by Crippen LogP contribution is 2.27. The number of hydrogen-bond donors (Lipinski definition) is 0. The SMILES string of the molecule is C=CC(OC(Br)C/C(F)=C\CC)C(F)(F)F. The van der Waals surface area contributed by atoms with Gasteiger partial charge in [-0.15, -0.1) is 6.58 Å². The zero-order valence-corrected chi connectivity index (χ0v) is 10.3. The van der Waals surface area contributed by atoms with Crippen molar-refractivity contribution in [3.05, 3.63) is 24.6 Å². The first kappa shape index (κ1) is 15.6. The van der Waals surface area contributed by atoms with Crippen LogP contribution in [0.1, 0.15) is 19.8 Å². The highest BCUT2D eigenvalue weighted by atomic mass is 79.9. The van der Waals surface area contributed by atoms with Gasteiger partial charge in [0.05, 0.1) is 5.83 Å². The Bertz CT molecular complexity index is 250. The third-order valence-electron chi connectivity index (χ3n) is 1.61. The minimum atomic E-state index is -4.53. The van der Waals surface area contributed by atoms with Crippen molar-refractivity contribution in [2.75, 3.05) is 0 Å². The molecule has 0 aliphatic heterocycles. The summed E-state index contributed by atoms with van der Waals surface area (Å²) in [4.78, 5) is 0. The Labute approximate surface area is 100 Å². The van der Waals surface area contributed by atoms with Crippen LogP contribution >= 0.6 is 15.9 Å². The number of alkyl halides is 4. The second kappa shape index (κ2) is 7.06. The van der Waals surface area contributed by atoms with Gasteiger partial charge in [-0.1, -0.05) is 35.0 Å². The van der Waals surface area contributed by atoms with Crippen LogP contribution < -0.4 is 0 Å². The van der Waals surface area contributed by atoms with Gasteiger partial charge in [-0.2, -0.15) is 13.2 Å². The zero-order chi connectivity index (χ0) is 12.8. The lowest BCUT2D eigenvalue weighted by molar-refractivity contribution is -0.206. The van der Waals surface area contributed by atoms with Crippen LogP contribution in [0.5, 0.6) is 0 Å². The van der Waals surface area contributed by atoms with Gasteiger partial charge in [-0.05, 0) is 6.42 Å². The molecule has 0 aromatic heterocycles. The van der Waals surface area contributed by atoms with Crippen LogP contribution in [0.3, 0.4) is 0 Å². The van der Waals surface area contributed by atoms with Gasteiger partial charge in [0.15, 0.2) is 6.10 Å². The molecule has 1 nitrogen and oxygen atoms in total. The standard InChI is InChI=1S/C10H13BrF4O/c1-3-5-7(12)6-9(11)16-8(4-2)10(13,14)15/h4-5,8-9H,2-3,6H2,1H3/b7-5+. The molecule has 0 aromatic rings. The van der Waals surface area contributed by atoms with Crippen LogP contribution in [0, 0.1) is 0 Å². The van der Waals surface area contributed by atoms with Crippen molar-refractivity contribution in [3.63, 3.8) is 0 Å². The van der Waals surface area contributed by atoms with Crippen molar-refractivity contribution in [3.8, 4) is 0 Å². The fourth-order valence-electron chi connectivity index (χ4n) is 0.932. The minimum Gasteiger partial charge on any atom is -0.350 e. The molecule has 0 rings (SSSR count). The number of hydrogen-bond acceptors (Lipinski definition) is 1. The predicted octanol–water partition coefficient (Wildman–Crippen LogP) is 4.49. The molecule has 16 heavy (non-hydrogen) atoms. The highest BCUT2D eigenvalue weighted by molar-refractivity contribution is 9.09. The van der Waals surface area contributed by atoms with Gasteiger partial charge in [0.2, 0.25) is 0 Å². The van der Waals surface area contributed by atoms with Crippen molar-refractivity contribution >= 4 is 15.9 Å². The third kappa shape index (κ3) is 6.27. The molecule has 0 amide bonds. The molecule has 0 heterocycles. The maximum atomic E-state index is 12.9. The van der Waals surface area contributed by atoms with Crippen molar-refractivity contribution in [2.45, 2.75) is 37.1 Å². The molecule has 0 aliphatic carbocycles. The maximum absolute atomic E-state index is 12.9. The van der Waals surface area contributed by atoms with E-state index in [1.165, 1.54) is 6.08 Å². The Morgan fingerprint density at radius 2 is 2.06 bits per heavy atom. The van der Waals surface area contributed by atoms with E-state index in [2.05, 4.69) is 27.2 Å². The van der Waals surface area contributed by atoms with Gasteiger partial charge in [0.25, 0.3) is 0 Å². The Balaban J connectivity index is 4.27. The average molecular weight is 305 g/mol. The first-order chi connectivity index (χ1) is 7.31. The minimum absolute atomic E-state index is 0.242. The predicted molar refractivity (Wildman–Crippen MR) is 57.9 cm³/mol. The first-order valence-electron chi connectivity index (χ1n) is 4.64. The largest absolute Gasteiger partial charge is 0.418 e. The quantitative estimate of drug-likeness (QED) is 0.399. The van der Waals surface area contributed by atoms with Crippen molar-refractivity contribution < 1.29 is 22.3 Å². The van der Waals surface area contributed by atoms with Crippen molar-refractivity contribution in [2.24, 2.45) is 0 Å². The van der Waals surface area contributed by atoms with Crippen molar-refractivity contribution in [1.29, 1.82) is 0 Å². The summed E-state index contributed by atoms with van der Waals surface area (Å²) >= 11 is 2.83. The topological polar surface area (TPSA) is 9.23 Å². The second-order valence-electron chi connectivity index (χ2n) is 3.01. The smallest absolute Gasteiger partial charge is 0.350 e. The summed E-state index contributed by atoms with van der Waals surface area (Å²) in [5.41, 5.74) is 0. The molecule has 0 bridgehead atoms. The van der Waals surface area contributed by atoms with E-state index in [4.69, 9.17) is 0 Å². The van der Waals surface area contributed by atoms with Crippen LogP contribution in [-0.2, 0) is 4.74 Å². The van der Waals surface area contributed by atoms with E-state index in [9.17, 15) is 17.6 Å². The fraction of sp³-hybridized carbons (Fsp3) is 0.600. The van der Waals surface area contributed by atoms with E-state index >= 15 is 0 Å². The zero-order valence-electron chi connectivity index (χ0n) is 8.73. The number of ether oxygens (including phenoxy) is 1. The van der Waals surface area contributed by atoms with Crippen LogP contribution in [-0.4, -0.2) is 17.3 Å². The molecule has 0 aliphatic rings. The summed E-state index contributed by atoms with van der Waals surface area (Å²) in [7, 11) is 0. The summed E-state index contributed by atoms with van der Waals surface area (Å²) < 4.78 is 54.2. The molecule has 0 saturated heterocycles. The summed E-state index contributed by atoms with van der Waals surface area (Å²) in [6, 6.07) is 0. The Kier molecular flexibility index (Phi) is 6.90. The van der Waals surface area contributed by atoms with Gasteiger partial charge in [-0.25, -0.2) is 4.39 Å². The van der Waals surface area contributed by atoms with E-state index in [1.54, 1.807) is 6.92 Å². The fourth-order valence-corrected chi connectivity index (χ4v) is 1.47. The molecule has 2 unspecified atom stereocenters. The van der Waals surface area contributed by atoms with E-state index < -0.39 is 23.1 Å². The van der Waals surface area contributed by atoms with E-state index in [1.807, 2.05) is 0 Å². The van der Waals surface area contributed by atoms with Gasteiger partial charge in [0, 0.05) is 6.42 Å². The summed E-state index contributed by atoms with van der Waals surface area (Å²) in [6.45, 7) is 4.75. The Morgan fingerprint density at radius 1 is 1.50 bits per heavy atom. The Morgan fingerprint density at radius 3 is 2.44 bits per heavy atom. The molecule has 0 saturated carbocycles. The van der Waals surface area contributed by atoms with Crippen LogP contribution in [0.4, 0.5) is 17.6 Å². The van der Waals surface area contributed by atoms with Crippen LogP contribution in [0.15, 0.2) is 24.6 Å². The monoisotopic (exact) mass is 304 g/mol. The van der Waals surface area contributed by atoms with E-state index in [-0.39, 0.29) is 6.42 Å². The van der Waals surface area contributed by atoms with Gasteiger partial charge in [0.1, 0.15) is 5.01 Å². The van der Waals surface area contributed by atoms with Gasteiger partial charge >= 0.3 is 6.18 Å². The van der Waals surface area contributed by atoms with Crippen LogP contribution in [0.2, 0.25) is 0 Å². The van der Waals surface area contributed by atoms with Crippen LogP contribution in [0.25, 0.3) is 0 Å². The molecule has 94 valence electrons. The normalized spacial score (nSPS) is 17.0. The second-order valence-corrected chi connectivity index (χ2v) is 4.03. The van der Waals surface area contributed by atoms with E-state index in [0.29, 0.717) is 12.5 Å². The highest BCUT2D eigenvalue weighted by Gasteiger charge is 2.39.